The fourth-order valence-electron chi connectivity index (χ4n) is 4.88. The molecule has 37 heavy (non-hydrogen) atoms. The highest BCUT2D eigenvalue weighted by Gasteiger charge is 2.29. The van der Waals surface area contributed by atoms with Crippen molar-refractivity contribution in [1.82, 2.24) is 18.8 Å². The molecule has 0 amide bonds. The van der Waals surface area contributed by atoms with Gasteiger partial charge in [0.2, 0.25) is 5.43 Å². The van der Waals surface area contributed by atoms with Crippen LogP contribution in [0.25, 0.3) is 22.3 Å². The van der Waals surface area contributed by atoms with E-state index in [1.54, 1.807) is 53.9 Å². The van der Waals surface area contributed by atoms with Crippen LogP contribution in [0, 0.1) is 18.6 Å². The Morgan fingerprint density at radius 3 is 2.24 bits per heavy atom. The SMILES string of the molecule is Cc1c(-n2cc(C(=O)O)c(=O)c3cc(F)c(N4CCN(C)CC4)c(F)c32)c(=O)n(-c2ccccc2)n1C. The molecule has 1 saturated heterocycles. The van der Waals surface area contributed by atoms with Crippen LogP contribution in [0.3, 0.4) is 0 Å². The van der Waals surface area contributed by atoms with E-state index in [9.17, 15) is 19.5 Å². The summed E-state index contributed by atoms with van der Waals surface area (Å²) in [6, 6.07) is 9.61. The predicted molar refractivity (Wildman–Crippen MR) is 135 cm³/mol. The number of rotatable bonds is 4. The number of piperazine rings is 1. The summed E-state index contributed by atoms with van der Waals surface area (Å²) in [5, 5.41) is 9.24. The zero-order chi connectivity index (χ0) is 26.6. The van der Waals surface area contributed by atoms with Gasteiger partial charge in [-0.25, -0.2) is 18.3 Å². The van der Waals surface area contributed by atoms with Crippen molar-refractivity contribution in [2.45, 2.75) is 6.92 Å². The molecule has 1 aliphatic rings. The topological polar surface area (TPSA) is 92.7 Å². The Labute approximate surface area is 210 Å². The number of carboxylic acids is 1. The number of aromatic nitrogens is 3. The molecule has 5 rings (SSSR count). The molecule has 0 bridgehead atoms. The number of nitrogens with zero attached hydrogens (tertiary/aromatic N) is 5. The number of pyridine rings is 1. The lowest BCUT2D eigenvalue weighted by Crippen LogP contribution is -2.45. The van der Waals surface area contributed by atoms with Gasteiger partial charge in [-0.2, -0.15) is 0 Å². The summed E-state index contributed by atoms with van der Waals surface area (Å²) in [6.45, 7) is 3.52. The number of fused-ring (bicyclic) bond motifs is 1. The summed E-state index contributed by atoms with van der Waals surface area (Å²) in [5.41, 5.74) is -2.07. The van der Waals surface area contributed by atoms with Crippen LogP contribution in [0.15, 0.2) is 52.2 Å². The average Bonchev–Trinajstić information content (AvgIpc) is 3.09. The Morgan fingerprint density at radius 2 is 1.62 bits per heavy atom. The van der Waals surface area contributed by atoms with Crippen molar-refractivity contribution in [2.24, 2.45) is 7.05 Å². The monoisotopic (exact) mass is 509 g/mol. The van der Waals surface area contributed by atoms with Gasteiger partial charge in [0.05, 0.1) is 22.3 Å². The van der Waals surface area contributed by atoms with Gasteiger partial charge in [-0.3, -0.25) is 14.3 Å². The van der Waals surface area contributed by atoms with Crippen molar-refractivity contribution in [3.05, 3.63) is 86.1 Å². The van der Waals surface area contributed by atoms with E-state index >= 15 is 8.78 Å². The van der Waals surface area contributed by atoms with Crippen molar-refractivity contribution >= 4 is 22.6 Å². The molecule has 0 saturated carbocycles. The smallest absolute Gasteiger partial charge is 0.341 e. The van der Waals surface area contributed by atoms with E-state index in [1.807, 2.05) is 11.9 Å². The van der Waals surface area contributed by atoms with Gasteiger partial charge in [0, 0.05) is 39.4 Å². The van der Waals surface area contributed by atoms with E-state index in [-0.39, 0.29) is 16.9 Å². The second-order valence-electron chi connectivity index (χ2n) is 9.16. The van der Waals surface area contributed by atoms with Crippen LogP contribution in [0.4, 0.5) is 14.5 Å². The van der Waals surface area contributed by atoms with Crippen LogP contribution < -0.4 is 15.9 Å². The number of aromatic carboxylic acids is 1. The number of para-hydroxylation sites is 1. The molecule has 3 heterocycles. The molecule has 0 radical (unpaired) electrons. The van der Waals surface area contributed by atoms with E-state index in [0.717, 1.165) is 16.8 Å². The number of hydrogen-bond acceptors (Lipinski definition) is 5. The van der Waals surface area contributed by atoms with E-state index in [2.05, 4.69) is 0 Å². The quantitative estimate of drug-likeness (QED) is 0.455. The van der Waals surface area contributed by atoms with E-state index in [0.29, 0.717) is 37.6 Å². The zero-order valence-electron chi connectivity index (χ0n) is 20.5. The van der Waals surface area contributed by atoms with Crippen molar-refractivity contribution < 1.29 is 18.7 Å². The minimum Gasteiger partial charge on any atom is -0.477 e. The highest BCUT2D eigenvalue weighted by Crippen LogP contribution is 2.32. The number of carboxylic acid groups (broad SMARTS) is 1. The fourth-order valence-corrected chi connectivity index (χ4v) is 4.88. The van der Waals surface area contributed by atoms with E-state index in [4.69, 9.17) is 0 Å². The van der Waals surface area contributed by atoms with Gasteiger partial charge in [-0.05, 0) is 32.2 Å². The third kappa shape index (κ3) is 3.82. The third-order valence-corrected chi connectivity index (χ3v) is 6.97. The molecule has 0 aliphatic carbocycles. The van der Waals surface area contributed by atoms with Gasteiger partial charge < -0.3 is 19.5 Å². The molecule has 0 spiro atoms. The molecule has 2 aromatic heterocycles. The lowest BCUT2D eigenvalue weighted by Gasteiger charge is -2.34. The Morgan fingerprint density at radius 1 is 0.973 bits per heavy atom. The largest absolute Gasteiger partial charge is 0.477 e. The maximum atomic E-state index is 16.2. The summed E-state index contributed by atoms with van der Waals surface area (Å²) in [7, 11) is 3.55. The third-order valence-electron chi connectivity index (χ3n) is 6.97. The Kier molecular flexibility index (Phi) is 5.95. The summed E-state index contributed by atoms with van der Waals surface area (Å²) >= 11 is 0. The average molecular weight is 510 g/mol. The molecule has 1 aliphatic heterocycles. The van der Waals surface area contributed by atoms with Crippen LogP contribution in [0.2, 0.25) is 0 Å². The van der Waals surface area contributed by atoms with Crippen LogP contribution in [0.1, 0.15) is 16.1 Å². The Hall–Kier alpha value is -4.25. The molecule has 9 nitrogen and oxygen atoms in total. The first kappa shape index (κ1) is 24.4. The van der Waals surface area contributed by atoms with Crippen LogP contribution >= 0.6 is 0 Å². The van der Waals surface area contributed by atoms with Crippen LogP contribution in [-0.4, -0.2) is 63.1 Å². The number of hydrogen-bond donors (Lipinski definition) is 1. The second kappa shape index (κ2) is 9.00. The summed E-state index contributed by atoms with van der Waals surface area (Å²) < 4.78 is 35.5. The minimum absolute atomic E-state index is 0.0475. The lowest BCUT2D eigenvalue weighted by atomic mass is 10.1. The Balaban J connectivity index is 1.88. The van der Waals surface area contributed by atoms with Gasteiger partial charge in [-0.15, -0.1) is 0 Å². The van der Waals surface area contributed by atoms with Gasteiger partial charge >= 0.3 is 5.97 Å². The molecule has 2 aromatic carbocycles. The van der Waals surface area contributed by atoms with E-state index < -0.39 is 39.5 Å². The first-order chi connectivity index (χ1) is 17.6. The van der Waals surface area contributed by atoms with Crippen molar-refractivity contribution in [3.8, 4) is 11.4 Å². The molecule has 1 N–H and O–H groups in total. The van der Waals surface area contributed by atoms with Crippen molar-refractivity contribution in [1.29, 1.82) is 0 Å². The fraction of sp³-hybridized carbons (Fsp3) is 0.269. The minimum atomic E-state index is -1.57. The Bertz CT molecular complexity index is 1670. The molecule has 0 unspecified atom stereocenters. The standard InChI is InChI=1S/C26H25F2N5O4/c1-15-21(25(35)33(30(15)3)16-7-5-4-6-8-16)32-14-18(26(36)37)24(34)17-13-19(27)23(20(28)22(17)32)31-11-9-29(2)10-12-31/h4-8,13-14H,9-12H2,1-3H3,(H,36,37). The molecule has 192 valence electrons. The molecule has 1 fully saturated rings. The summed E-state index contributed by atoms with van der Waals surface area (Å²) in [5.74, 6) is -3.56. The summed E-state index contributed by atoms with van der Waals surface area (Å²) in [4.78, 5) is 42.2. The number of benzene rings is 2. The van der Waals surface area contributed by atoms with Gasteiger partial charge in [0.25, 0.3) is 5.56 Å². The first-order valence-corrected chi connectivity index (χ1v) is 11.7. The molecule has 11 heteroatoms. The first-order valence-electron chi connectivity index (χ1n) is 11.7. The lowest BCUT2D eigenvalue weighted by molar-refractivity contribution is 0.0695. The molecule has 0 atom stereocenters. The highest BCUT2D eigenvalue weighted by molar-refractivity contribution is 5.94. The van der Waals surface area contributed by atoms with Crippen LogP contribution in [-0.2, 0) is 7.05 Å². The van der Waals surface area contributed by atoms with Crippen LogP contribution in [0.5, 0.6) is 0 Å². The van der Waals surface area contributed by atoms with E-state index in [1.165, 1.54) is 4.68 Å². The second-order valence-corrected chi connectivity index (χ2v) is 9.16. The molecular formula is C26H25F2N5O4. The molecule has 4 aromatic rings. The van der Waals surface area contributed by atoms with Gasteiger partial charge in [-0.1, -0.05) is 18.2 Å². The maximum Gasteiger partial charge on any atom is 0.341 e. The highest BCUT2D eigenvalue weighted by atomic mass is 19.1. The van der Waals surface area contributed by atoms with Gasteiger partial charge in [0.1, 0.15) is 22.8 Å². The number of anilines is 1. The number of carbonyl (C=O) groups is 1. The number of likely N-dealkylation sites (N-methyl/N-ethyl adjacent to an activating group) is 1. The number of halogens is 2. The predicted octanol–water partition coefficient (Wildman–Crippen LogP) is 2.52. The van der Waals surface area contributed by atoms with Gasteiger partial charge in [0.15, 0.2) is 5.82 Å². The zero-order valence-corrected chi connectivity index (χ0v) is 20.5. The van der Waals surface area contributed by atoms with Crippen molar-refractivity contribution in [2.75, 3.05) is 38.1 Å². The van der Waals surface area contributed by atoms with Crippen molar-refractivity contribution in [3.63, 3.8) is 0 Å². The molecular weight excluding hydrogens is 484 g/mol. The normalized spacial score (nSPS) is 14.5. The maximum absolute atomic E-state index is 16.2. The summed E-state index contributed by atoms with van der Waals surface area (Å²) in [6.07, 6.45) is 0.945.